The summed E-state index contributed by atoms with van der Waals surface area (Å²) in [6.07, 6.45) is 3.81. The van der Waals surface area contributed by atoms with Gasteiger partial charge < -0.3 is 9.80 Å². The molecule has 7 heteroatoms. The first-order valence-electron chi connectivity index (χ1n) is 7.02. The topological polar surface area (TPSA) is 60.9 Å². The van der Waals surface area contributed by atoms with Crippen molar-refractivity contribution in [3.8, 4) is 0 Å². The van der Waals surface area contributed by atoms with Crippen molar-refractivity contribution in [2.75, 3.05) is 53.6 Å². The zero-order chi connectivity index (χ0) is 15.8. The molecule has 6 nitrogen and oxygen atoms in total. The van der Waals surface area contributed by atoms with Gasteiger partial charge in [-0.3, -0.25) is 4.79 Å². The van der Waals surface area contributed by atoms with E-state index in [2.05, 4.69) is 6.92 Å². The van der Waals surface area contributed by atoms with E-state index < -0.39 is 10.0 Å². The normalized spacial score (nSPS) is 12.2. The third-order valence-electron chi connectivity index (χ3n) is 3.07. The Morgan fingerprint density at radius 2 is 1.60 bits per heavy atom. The molecule has 0 radical (unpaired) electrons. The second-order valence-electron chi connectivity index (χ2n) is 5.42. The monoisotopic (exact) mass is 307 g/mol. The summed E-state index contributed by atoms with van der Waals surface area (Å²) in [6, 6.07) is 0. The average Bonchev–Trinajstić information content (AvgIpc) is 2.32. The van der Waals surface area contributed by atoms with Gasteiger partial charge in [-0.1, -0.05) is 13.3 Å². The molecule has 0 saturated carbocycles. The highest BCUT2D eigenvalue weighted by atomic mass is 32.2. The lowest BCUT2D eigenvalue weighted by Crippen LogP contribution is -2.42. The number of nitrogens with zero attached hydrogens (tertiary/aromatic N) is 3. The Hall–Kier alpha value is -0.660. The standard InChI is InChI=1S/C13H29N3O3S/c1-6-7-10-15(4)13(17)12-16(20(5,18)19)11-8-9-14(2)3/h6-12H2,1-5H3. The highest BCUT2D eigenvalue weighted by Crippen LogP contribution is 2.02. The fraction of sp³-hybridized carbons (Fsp3) is 0.923. The van der Waals surface area contributed by atoms with E-state index in [9.17, 15) is 13.2 Å². The summed E-state index contributed by atoms with van der Waals surface area (Å²) in [5.41, 5.74) is 0. The van der Waals surface area contributed by atoms with E-state index in [0.29, 0.717) is 19.5 Å². The number of hydrogen-bond acceptors (Lipinski definition) is 4. The summed E-state index contributed by atoms with van der Waals surface area (Å²) in [5, 5.41) is 0. The number of rotatable bonds is 10. The zero-order valence-corrected chi connectivity index (χ0v) is 14.2. The Balaban J connectivity index is 4.47. The molecule has 0 aliphatic heterocycles. The zero-order valence-electron chi connectivity index (χ0n) is 13.4. The van der Waals surface area contributed by atoms with Crippen LogP contribution in [0.4, 0.5) is 0 Å². The molecule has 0 unspecified atom stereocenters. The largest absolute Gasteiger partial charge is 0.345 e. The molecule has 0 spiro atoms. The summed E-state index contributed by atoms with van der Waals surface area (Å²) < 4.78 is 24.7. The van der Waals surface area contributed by atoms with Crippen LogP contribution >= 0.6 is 0 Å². The first-order valence-corrected chi connectivity index (χ1v) is 8.87. The number of amides is 1. The summed E-state index contributed by atoms with van der Waals surface area (Å²) in [4.78, 5) is 15.6. The maximum atomic E-state index is 12.0. The van der Waals surface area contributed by atoms with Crippen LogP contribution < -0.4 is 0 Å². The van der Waals surface area contributed by atoms with Crippen LogP contribution in [-0.2, 0) is 14.8 Å². The molecule has 0 aromatic heterocycles. The Kier molecular flexibility index (Phi) is 9.00. The summed E-state index contributed by atoms with van der Waals surface area (Å²) >= 11 is 0. The average molecular weight is 307 g/mol. The van der Waals surface area contributed by atoms with Gasteiger partial charge >= 0.3 is 0 Å². The van der Waals surface area contributed by atoms with Crippen LogP contribution in [0.5, 0.6) is 0 Å². The van der Waals surface area contributed by atoms with Gasteiger partial charge in [0, 0.05) is 20.1 Å². The molecule has 20 heavy (non-hydrogen) atoms. The molecule has 0 heterocycles. The van der Waals surface area contributed by atoms with Crippen LogP contribution in [0.25, 0.3) is 0 Å². The predicted octanol–water partition coefficient (Wildman–Crippen LogP) is 0.458. The third kappa shape index (κ3) is 8.50. The number of sulfonamides is 1. The van der Waals surface area contributed by atoms with E-state index in [1.165, 1.54) is 4.31 Å². The summed E-state index contributed by atoms with van der Waals surface area (Å²) in [6.45, 7) is 3.84. The van der Waals surface area contributed by atoms with E-state index >= 15 is 0 Å². The number of likely N-dealkylation sites (N-methyl/N-ethyl adjacent to an activating group) is 1. The SMILES string of the molecule is CCCCN(C)C(=O)CN(CCCN(C)C)S(C)(=O)=O. The van der Waals surface area contributed by atoms with E-state index in [4.69, 9.17) is 0 Å². The molecule has 0 aromatic carbocycles. The van der Waals surface area contributed by atoms with E-state index in [0.717, 1.165) is 25.6 Å². The van der Waals surface area contributed by atoms with Crippen LogP contribution in [0.2, 0.25) is 0 Å². The molecule has 120 valence electrons. The number of unbranched alkanes of at least 4 members (excludes halogenated alkanes) is 1. The van der Waals surface area contributed by atoms with Gasteiger partial charge in [-0.2, -0.15) is 4.31 Å². The Labute approximate surface area is 123 Å². The van der Waals surface area contributed by atoms with Gasteiger partial charge in [0.05, 0.1) is 12.8 Å². The van der Waals surface area contributed by atoms with Crippen LogP contribution in [0.3, 0.4) is 0 Å². The Morgan fingerprint density at radius 1 is 1.00 bits per heavy atom. The van der Waals surface area contributed by atoms with Crippen molar-refractivity contribution in [2.45, 2.75) is 26.2 Å². The van der Waals surface area contributed by atoms with Crippen molar-refractivity contribution in [1.29, 1.82) is 0 Å². The maximum absolute atomic E-state index is 12.0. The minimum atomic E-state index is -3.34. The van der Waals surface area contributed by atoms with Crippen molar-refractivity contribution < 1.29 is 13.2 Å². The van der Waals surface area contributed by atoms with Crippen molar-refractivity contribution in [3.05, 3.63) is 0 Å². The van der Waals surface area contributed by atoms with Crippen LogP contribution in [0, 0.1) is 0 Å². The van der Waals surface area contributed by atoms with Crippen molar-refractivity contribution in [3.63, 3.8) is 0 Å². The van der Waals surface area contributed by atoms with Gasteiger partial charge in [0.15, 0.2) is 0 Å². The van der Waals surface area contributed by atoms with E-state index in [-0.39, 0.29) is 12.5 Å². The fourth-order valence-corrected chi connectivity index (χ4v) is 2.52. The molecule has 0 rings (SSSR count). The maximum Gasteiger partial charge on any atom is 0.237 e. The molecule has 0 aromatic rings. The van der Waals surface area contributed by atoms with Crippen molar-refractivity contribution in [1.82, 2.24) is 14.1 Å². The number of carbonyl (C=O) groups is 1. The molecule has 1 amide bonds. The minimum absolute atomic E-state index is 0.0630. The van der Waals surface area contributed by atoms with Crippen LogP contribution in [-0.4, -0.2) is 82.0 Å². The van der Waals surface area contributed by atoms with E-state index in [1.807, 2.05) is 19.0 Å². The summed E-state index contributed by atoms with van der Waals surface area (Å²) in [5.74, 6) is -0.145. The second kappa shape index (κ2) is 9.31. The molecule has 0 saturated heterocycles. The lowest BCUT2D eigenvalue weighted by atomic mass is 10.3. The molecule has 0 fully saturated rings. The van der Waals surface area contributed by atoms with E-state index in [1.54, 1.807) is 11.9 Å². The van der Waals surface area contributed by atoms with Crippen molar-refractivity contribution >= 4 is 15.9 Å². The first kappa shape index (κ1) is 19.3. The van der Waals surface area contributed by atoms with Gasteiger partial charge in [0.2, 0.25) is 15.9 Å². The molecule has 0 N–H and O–H groups in total. The molecule has 0 bridgehead atoms. The second-order valence-corrected chi connectivity index (χ2v) is 7.40. The third-order valence-corrected chi connectivity index (χ3v) is 4.32. The Bertz CT molecular complexity index is 382. The quantitative estimate of drug-likeness (QED) is 0.588. The van der Waals surface area contributed by atoms with Gasteiger partial charge in [-0.15, -0.1) is 0 Å². The highest BCUT2D eigenvalue weighted by Gasteiger charge is 2.21. The van der Waals surface area contributed by atoms with Gasteiger partial charge in [-0.05, 0) is 33.5 Å². The van der Waals surface area contributed by atoms with Crippen LogP contribution in [0.1, 0.15) is 26.2 Å². The van der Waals surface area contributed by atoms with Gasteiger partial charge in [0.1, 0.15) is 0 Å². The number of carbonyl (C=O) groups excluding carboxylic acids is 1. The highest BCUT2D eigenvalue weighted by molar-refractivity contribution is 7.88. The molecule has 0 aliphatic rings. The molecular weight excluding hydrogens is 278 g/mol. The molecular formula is C13H29N3O3S. The summed E-state index contributed by atoms with van der Waals surface area (Å²) in [7, 11) is 2.25. The smallest absolute Gasteiger partial charge is 0.237 e. The minimum Gasteiger partial charge on any atom is -0.345 e. The first-order chi connectivity index (χ1) is 9.18. The van der Waals surface area contributed by atoms with Gasteiger partial charge in [0.25, 0.3) is 0 Å². The van der Waals surface area contributed by atoms with Crippen molar-refractivity contribution in [2.24, 2.45) is 0 Å². The van der Waals surface area contributed by atoms with Gasteiger partial charge in [-0.25, -0.2) is 8.42 Å². The molecule has 0 aliphatic carbocycles. The predicted molar refractivity (Wildman–Crippen MR) is 82.1 cm³/mol. The number of hydrogen-bond donors (Lipinski definition) is 0. The lowest BCUT2D eigenvalue weighted by Gasteiger charge is -2.24. The Morgan fingerprint density at radius 3 is 2.05 bits per heavy atom. The lowest BCUT2D eigenvalue weighted by molar-refractivity contribution is -0.130. The molecule has 0 atom stereocenters. The van der Waals surface area contributed by atoms with Crippen LogP contribution in [0.15, 0.2) is 0 Å². The fourth-order valence-electron chi connectivity index (χ4n) is 1.72.